The minimum absolute atomic E-state index is 0.198. The van der Waals surface area contributed by atoms with Crippen LogP contribution in [-0.4, -0.2) is 13.1 Å². The molecule has 0 amide bonds. The van der Waals surface area contributed by atoms with Crippen LogP contribution in [0.2, 0.25) is 0 Å². The predicted molar refractivity (Wildman–Crippen MR) is 61.4 cm³/mol. The molecule has 0 aromatic heterocycles. The molecular formula is C13H16O2. The molecule has 0 radical (unpaired) electrons. The van der Waals surface area contributed by atoms with Crippen LogP contribution in [0.15, 0.2) is 30.3 Å². The largest absolute Gasteiger partial charge is 0.469 e. The molecule has 0 heterocycles. The van der Waals surface area contributed by atoms with Crippen LogP contribution in [0.1, 0.15) is 18.1 Å². The number of rotatable bonds is 3. The van der Waals surface area contributed by atoms with E-state index >= 15 is 0 Å². The summed E-state index contributed by atoms with van der Waals surface area (Å²) in [5, 5.41) is 0. The molecule has 0 spiro atoms. The molecule has 0 unspecified atom stereocenters. The number of ether oxygens (including phenoxy) is 1. The molecule has 0 aliphatic carbocycles. The van der Waals surface area contributed by atoms with Crippen molar-refractivity contribution in [3.8, 4) is 0 Å². The van der Waals surface area contributed by atoms with Crippen LogP contribution in [-0.2, 0) is 9.53 Å². The molecule has 1 atom stereocenters. The summed E-state index contributed by atoms with van der Waals surface area (Å²) in [5.74, 6) is -0.408. The van der Waals surface area contributed by atoms with Crippen LogP contribution < -0.4 is 0 Å². The lowest BCUT2D eigenvalue weighted by atomic mass is 10.1. The van der Waals surface area contributed by atoms with Crippen LogP contribution in [0.3, 0.4) is 0 Å². The smallest absolute Gasteiger partial charge is 0.312 e. The van der Waals surface area contributed by atoms with E-state index in [0.29, 0.717) is 0 Å². The fourth-order valence-electron chi connectivity index (χ4n) is 1.20. The van der Waals surface area contributed by atoms with Crippen molar-refractivity contribution in [2.75, 3.05) is 7.11 Å². The normalized spacial score (nSPS) is 12.7. The molecule has 0 aliphatic heterocycles. The van der Waals surface area contributed by atoms with E-state index in [1.165, 1.54) is 12.7 Å². The Morgan fingerprint density at radius 2 is 1.93 bits per heavy atom. The van der Waals surface area contributed by atoms with Gasteiger partial charge in [0.25, 0.3) is 0 Å². The average molecular weight is 204 g/mol. The summed E-state index contributed by atoms with van der Waals surface area (Å²) >= 11 is 0. The van der Waals surface area contributed by atoms with Gasteiger partial charge in [-0.25, -0.2) is 0 Å². The highest BCUT2D eigenvalue weighted by Crippen LogP contribution is 2.08. The Hall–Kier alpha value is -1.57. The highest BCUT2D eigenvalue weighted by Gasteiger charge is 2.07. The van der Waals surface area contributed by atoms with Gasteiger partial charge in [-0.3, -0.25) is 4.79 Å². The standard InChI is InChI=1S/C13H16O2/c1-10-4-7-12(8-5-10)9-6-11(2)13(14)15-3/h4-9,11H,1-3H3/b9-6+/t11-/m0/s1. The van der Waals surface area contributed by atoms with Crippen LogP contribution in [0.5, 0.6) is 0 Å². The van der Waals surface area contributed by atoms with Gasteiger partial charge in [0.1, 0.15) is 0 Å². The van der Waals surface area contributed by atoms with Crippen molar-refractivity contribution in [3.05, 3.63) is 41.5 Å². The summed E-state index contributed by atoms with van der Waals surface area (Å²) in [7, 11) is 1.40. The Labute approximate surface area is 90.6 Å². The number of esters is 1. The monoisotopic (exact) mass is 204 g/mol. The maximum atomic E-state index is 11.1. The van der Waals surface area contributed by atoms with Crippen molar-refractivity contribution in [2.45, 2.75) is 13.8 Å². The highest BCUT2D eigenvalue weighted by molar-refractivity contribution is 5.75. The first-order valence-electron chi connectivity index (χ1n) is 4.96. The summed E-state index contributed by atoms with van der Waals surface area (Å²) in [5.41, 5.74) is 2.32. The molecule has 2 nitrogen and oxygen atoms in total. The van der Waals surface area contributed by atoms with Gasteiger partial charge in [-0.05, 0) is 19.4 Å². The van der Waals surface area contributed by atoms with Crippen LogP contribution in [0.25, 0.3) is 6.08 Å². The first-order chi connectivity index (χ1) is 7.13. The highest BCUT2D eigenvalue weighted by atomic mass is 16.5. The van der Waals surface area contributed by atoms with Gasteiger partial charge >= 0.3 is 5.97 Å². The van der Waals surface area contributed by atoms with Crippen molar-refractivity contribution in [1.29, 1.82) is 0 Å². The zero-order chi connectivity index (χ0) is 11.3. The Kier molecular flexibility index (Phi) is 4.10. The lowest BCUT2D eigenvalue weighted by Gasteiger charge is -2.02. The Morgan fingerprint density at radius 3 is 2.47 bits per heavy atom. The SMILES string of the molecule is COC(=O)[C@@H](C)/C=C/c1ccc(C)cc1. The van der Waals surface area contributed by atoms with E-state index < -0.39 is 0 Å². The van der Waals surface area contributed by atoms with Crippen molar-refractivity contribution in [3.63, 3.8) is 0 Å². The molecule has 1 rings (SSSR count). The average Bonchev–Trinajstić information content (AvgIpc) is 2.26. The van der Waals surface area contributed by atoms with E-state index in [1.807, 2.05) is 50.3 Å². The number of methoxy groups -OCH3 is 1. The molecule has 1 aromatic carbocycles. The molecule has 80 valence electrons. The third-order valence-corrected chi connectivity index (χ3v) is 2.23. The Morgan fingerprint density at radius 1 is 1.33 bits per heavy atom. The third kappa shape index (κ3) is 3.58. The zero-order valence-electron chi connectivity index (χ0n) is 9.36. The molecule has 0 saturated carbocycles. The molecule has 1 aromatic rings. The molecule has 0 aliphatic rings. The molecule has 0 saturated heterocycles. The number of hydrogen-bond donors (Lipinski definition) is 0. The molecule has 0 fully saturated rings. The Bertz CT molecular complexity index is 349. The van der Waals surface area contributed by atoms with Crippen molar-refractivity contribution >= 4 is 12.0 Å². The quantitative estimate of drug-likeness (QED) is 0.708. The summed E-state index contributed by atoms with van der Waals surface area (Å²) in [4.78, 5) is 11.1. The number of carbonyl (C=O) groups excluding carboxylic acids is 1. The van der Waals surface area contributed by atoms with Crippen LogP contribution >= 0.6 is 0 Å². The first kappa shape index (κ1) is 11.5. The van der Waals surface area contributed by atoms with Gasteiger partial charge in [0, 0.05) is 0 Å². The first-order valence-corrected chi connectivity index (χ1v) is 4.96. The molecule has 2 heteroatoms. The maximum absolute atomic E-state index is 11.1. The molecule has 15 heavy (non-hydrogen) atoms. The van der Waals surface area contributed by atoms with Crippen LogP contribution in [0, 0.1) is 12.8 Å². The molecule has 0 N–H and O–H groups in total. The van der Waals surface area contributed by atoms with E-state index in [9.17, 15) is 4.79 Å². The van der Waals surface area contributed by atoms with Crippen LogP contribution in [0.4, 0.5) is 0 Å². The summed E-state index contributed by atoms with van der Waals surface area (Å²) in [6.45, 7) is 3.86. The lowest BCUT2D eigenvalue weighted by molar-refractivity contribution is -0.143. The van der Waals surface area contributed by atoms with E-state index in [0.717, 1.165) is 5.56 Å². The second kappa shape index (κ2) is 5.35. The lowest BCUT2D eigenvalue weighted by Crippen LogP contribution is -2.09. The number of carbonyl (C=O) groups is 1. The van der Waals surface area contributed by atoms with Gasteiger partial charge in [0.15, 0.2) is 0 Å². The molecule has 0 bridgehead atoms. The van der Waals surface area contributed by atoms with Gasteiger partial charge in [-0.15, -0.1) is 0 Å². The van der Waals surface area contributed by atoms with Gasteiger partial charge in [-0.2, -0.15) is 0 Å². The summed E-state index contributed by atoms with van der Waals surface area (Å²) in [6, 6.07) is 8.14. The summed E-state index contributed by atoms with van der Waals surface area (Å²) < 4.78 is 4.63. The van der Waals surface area contributed by atoms with E-state index in [4.69, 9.17) is 0 Å². The maximum Gasteiger partial charge on any atom is 0.312 e. The number of aryl methyl sites for hydroxylation is 1. The molecular weight excluding hydrogens is 188 g/mol. The van der Waals surface area contributed by atoms with Crippen molar-refractivity contribution in [1.82, 2.24) is 0 Å². The predicted octanol–water partition coefficient (Wildman–Crippen LogP) is 2.82. The van der Waals surface area contributed by atoms with Gasteiger partial charge in [0.05, 0.1) is 13.0 Å². The fourth-order valence-corrected chi connectivity index (χ4v) is 1.20. The second-order valence-corrected chi connectivity index (χ2v) is 3.58. The van der Waals surface area contributed by atoms with E-state index in [1.54, 1.807) is 0 Å². The fraction of sp³-hybridized carbons (Fsp3) is 0.308. The van der Waals surface area contributed by atoms with Crippen molar-refractivity contribution in [2.24, 2.45) is 5.92 Å². The number of benzene rings is 1. The van der Waals surface area contributed by atoms with Crippen molar-refractivity contribution < 1.29 is 9.53 Å². The topological polar surface area (TPSA) is 26.3 Å². The zero-order valence-corrected chi connectivity index (χ0v) is 9.36. The van der Waals surface area contributed by atoms with Gasteiger partial charge in [-0.1, -0.05) is 42.0 Å². The minimum Gasteiger partial charge on any atom is -0.469 e. The van der Waals surface area contributed by atoms with E-state index in [2.05, 4.69) is 4.74 Å². The minimum atomic E-state index is -0.210. The number of hydrogen-bond acceptors (Lipinski definition) is 2. The second-order valence-electron chi connectivity index (χ2n) is 3.58. The van der Waals surface area contributed by atoms with Gasteiger partial charge < -0.3 is 4.74 Å². The van der Waals surface area contributed by atoms with E-state index in [-0.39, 0.29) is 11.9 Å². The summed E-state index contributed by atoms with van der Waals surface area (Å²) in [6.07, 6.45) is 3.78. The van der Waals surface area contributed by atoms with Gasteiger partial charge in [0.2, 0.25) is 0 Å². The Balaban J connectivity index is 2.65. The third-order valence-electron chi connectivity index (χ3n) is 2.23.